The van der Waals surface area contributed by atoms with Gasteiger partial charge >= 0.3 is 0 Å². The fourth-order valence-corrected chi connectivity index (χ4v) is 8.34. The van der Waals surface area contributed by atoms with Crippen LogP contribution in [0.25, 0.3) is 22.5 Å². The van der Waals surface area contributed by atoms with Crippen molar-refractivity contribution in [3.63, 3.8) is 0 Å². The molecule has 0 bridgehead atoms. The lowest BCUT2D eigenvalue weighted by atomic mass is 10.1. The van der Waals surface area contributed by atoms with Crippen LogP contribution in [0.2, 0.25) is 0 Å². The van der Waals surface area contributed by atoms with Gasteiger partial charge in [-0.3, -0.25) is 0 Å². The van der Waals surface area contributed by atoms with Gasteiger partial charge in [-0.25, -0.2) is 20.0 Å². The van der Waals surface area contributed by atoms with Crippen LogP contribution in [0.4, 0.5) is 10.3 Å². The van der Waals surface area contributed by atoms with Gasteiger partial charge in [0.15, 0.2) is 23.0 Å². The molecule has 0 unspecified atom stereocenters. The first kappa shape index (κ1) is 35.3. The molecule has 6 rings (SSSR count). The van der Waals surface area contributed by atoms with Gasteiger partial charge in [-0.2, -0.15) is 0 Å². The van der Waals surface area contributed by atoms with E-state index in [1.165, 1.54) is 45.3 Å². The fourth-order valence-electron chi connectivity index (χ4n) is 4.03. The predicted molar refractivity (Wildman–Crippen MR) is 205 cm³/mol. The van der Waals surface area contributed by atoms with Gasteiger partial charge in [0.25, 0.3) is 0 Å². The van der Waals surface area contributed by atoms with Crippen LogP contribution in [0.1, 0.15) is 9.75 Å². The van der Waals surface area contributed by atoms with Crippen LogP contribution in [0, 0.1) is 0 Å². The standard InChI is InChI=1S/2C16H15N3O2S3/c1-21-12-4-3-9(7-11(12)20)10-8-23-16(18-10)19-15(17)13-5-6-14(22-2)24-13;1-21-12-7-9(3-4-11(12)20)10-8-23-16(18-10)19-15(17)13-5-6-14(22-2)24-13/h2*3-8,20H,1-2H3,(H2,17,18,19). The van der Waals surface area contributed by atoms with Gasteiger partial charge in [-0.05, 0) is 73.2 Å². The van der Waals surface area contributed by atoms with Crippen LogP contribution in [-0.4, -0.2) is 58.6 Å². The van der Waals surface area contributed by atoms with Crippen LogP contribution in [0.3, 0.4) is 0 Å². The second kappa shape index (κ2) is 16.4. The molecule has 0 fully saturated rings. The molecule has 16 heteroatoms. The third kappa shape index (κ3) is 8.69. The van der Waals surface area contributed by atoms with Crippen molar-refractivity contribution in [2.75, 3.05) is 26.7 Å². The van der Waals surface area contributed by atoms with Gasteiger partial charge in [-0.1, -0.05) is 0 Å². The summed E-state index contributed by atoms with van der Waals surface area (Å²) >= 11 is 9.40. The first-order chi connectivity index (χ1) is 23.2. The number of ether oxygens (including phenoxy) is 2. The Balaban J connectivity index is 0.000000188. The highest BCUT2D eigenvalue weighted by atomic mass is 32.2. The van der Waals surface area contributed by atoms with Crippen molar-refractivity contribution in [2.24, 2.45) is 21.5 Å². The molecule has 4 aromatic heterocycles. The first-order valence-electron chi connectivity index (χ1n) is 13.8. The molecular formula is C32H30N6O4S6. The number of rotatable bonds is 10. The molecule has 0 saturated heterocycles. The SMILES string of the molecule is COc1cc(-c2csc(N=C(N)c3ccc(SC)s3)n2)ccc1O.COc1ccc(-c2csc(N=C(N)c3ccc(SC)s3)n2)cc1O. The Hall–Kier alpha value is -4.06. The predicted octanol–water partition coefficient (Wildman–Crippen LogP) is 8.69. The zero-order valence-corrected chi connectivity index (χ0v) is 30.9. The Morgan fingerprint density at radius 2 is 1.17 bits per heavy atom. The van der Waals surface area contributed by atoms with E-state index in [4.69, 9.17) is 20.9 Å². The fraction of sp³-hybridized carbons (Fsp3) is 0.125. The molecule has 0 saturated carbocycles. The van der Waals surface area contributed by atoms with Crippen LogP contribution < -0.4 is 20.9 Å². The summed E-state index contributed by atoms with van der Waals surface area (Å²) in [6.07, 6.45) is 4.06. The molecule has 0 aliphatic carbocycles. The summed E-state index contributed by atoms with van der Waals surface area (Å²) in [5.41, 5.74) is 15.3. The van der Waals surface area contributed by atoms with Gasteiger partial charge in [-0.15, -0.1) is 68.9 Å². The molecule has 4 heterocycles. The van der Waals surface area contributed by atoms with Crippen molar-refractivity contribution in [3.05, 3.63) is 81.2 Å². The summed E-state index contributed by atoms with van der Waals surface area (Å²) in [5, 5.41) is 24.5. The summed E-state index contributed by atoms with van der Waals surface area (Å²) in [5.74, 6) is 1.94. The maximum atomic E-state index is 9.88. The third-order valence-corrected chi connectivity index (χ3v) is 12.3. The lowest BCUT2D eigenvalue weighted by Gasteiger charge is -2.04. The van der Waals surface area contributed by atoms with Crippen LogP contribution in [-0.2, 0) is 0 Å². The lowest BCUT2D eigenvalue weighted by Crippen LogP contribution is -2.10. The van der Waals surface area contributed by atoms with Gasteiger partial charge in [0, 0.05) is 21.9 Å². The molecule has 0 aliphatic heterocycles. The highest BCUT2D eigenvalue weighted by molar-refractivity contribution is 8.00. The normalized spacial score (nSPS) is 11.7. The largest absolute Gasteiger partial charge is 0.504 e. The molecule has 0 spiro atoms. The summed E-state index contributed by atoms with van der Waals surface area (Å²) in [4.78, 5) is 19.6. The molecule has 48 heavy (non-hydrogen) atoms. The molecule has 0 amide bonds. The molecule has 10 nitrogen and oxygen atoms in total. The van der Waals surface area contributed by atoms with Crippen molar-refractivity contribution in [3.8, 4) is 45.5 Å². The maximum absolute atomic E-state index is 9.88. The number of thiazole rings is 2. The monoisotopic (exact) mass is 754 g/mol. The topological polar surface area (TPSA) is 161 Å². The van der Waals surface area contributed by atoms with Crippen molar-refractivity contribution in [1.82, 2.24) is 9.97 Å². The minimum absolute atomic E-state index is 0.0794. The molecule has 0 radical (unpaired) electrons. The van der Waals surface area contributed by atoms with Gasteiger partial charge < -0.3 is 31.2 Å². The number of methoxy groups -OCH3 is 2. The number of aliphatic imine (C=N–C) groups is 2. The average Bonchev–Trinajstić information content (AvgIpc) is 3.93. The third-order valence-electron chi connectivity index (χ3n) is 6.44. The Morgan fingerprint density at radius 3 is 1.62 bits per heavy atom. The Morgan fingerprint density at radius 1 is 0.667 bits per heavy atom. The number of amidine groups is 2. The number of phenolic OH excluding ortho intramolecular Hbond substituents is 2. The number of aromatic nitrogens is 2. The molecule has 6 N–H and O–H groups in total. The number of thiophene rings is 2. The van der Waals surface area contributed by atoms with E-state index in [0.717, 1.165) is 32.3 Å². The second-order valence-corrected chi connectivity index (χ2v) is 15.5. The highest BCUT2D eigenvalue weighted by Crippen LogP contribution is 2.35. The van der Waals surface area contributed by atoms with Crippen LogP contribution in [0.5, 0.6) is 23.0 Å². The zero-order chi connectivity index (χ0) is 34.2. The Labute approximate surface area is 301 Å². The van der Waals surface area contributed by atoms with Gasteiger partial charge in [0.05, 0.1) is 43.8 Å². The summed E-state index contributed by atoms with van der Waals surface area (Å²) in [6, 6.07) is 18.3. The molecule has 0 atom stereocenters. The smallest absolute Gasteiger partial charge is 0.211 e. The van der Waals surface area contributed by atoms with E-state index in [1.807, 2.05) is 53.6 Å². The molecule has 2 aromatic carbocycles. The van der Waals surface area contributed by atoms with Crippen molar-refractivity contribution in [1.29, 1.82) is 0 Å². The van der Waals surface area contributed by atoms with E-state index in [1.54, 1.807) is 76.5 Å². The number of hydrogen-bond donors (Lipinski definition) is 4. The van der Waals surface area contributed by atoms with Crippen LogP contribution >= 0.6 is 68.9 Å². The Bertz CT molecular complexity index is 2060. The van der Waals surface area contributed by atoms with E-state index in [0.29, 0.717) is 33.4 Å². The van der Waals surface area contributed by atoms with Crippen molar-refractivity contribution >= 4 is 90.8 Å². The minimum Gasteiger partial charge on any atom is -0.504 e. The minimum atomic E-state index is 0.0794. The second-order valence-electron chi connectivity index (χ2n) is 9.44. The van der Waals surface area contributed by atoms with E-state index in [-0.39, 0.29) is 11.5 Å². The van der Waals surface area contributed by atoms with Crippen molar-refractivity contribution in [2.45, 2.75) is 8.42 Å². The first-order valence-corrected chi connectivity index (χ1v) is 19.7. The number of aromatic hydroxyl groups is 2. The van der Waals surface area contributed by atoms with Crippen LogP contribution in [0.15, 0.2) is 89.8 Å². The van der Waals surface area contributed by atoms with Gasteiger partial charge in [0.1, 0.15) is 11.7 Å². The highest BCUT2D eigenvalue weighted by Gasteiger charge is 2.11. The maximum Gasteiger partial charge on any atom is 0.211 e. The average molecular weight is 755 g/mol. The summed E-state index contributed by atoms with van der Waals surface area (Å²) in [6.45, 7) is 0. The van der Waals surface area contributed by atoms with E-state index in [2.05, 4.69) is 20.0 Å². The molecule has 0 aliphatic rings. The quantitative estimate of drug-likeness (QED) is 0.0605. The van der Waals surface area contributed by atoms with E-state index < -0.39 is 0 Å². The summed E-state index contributed by atoms with van der Waals surface area (Å²) in [7, 11) is 3.03. The van der Waals surface area contributed by atoms with Crippen molar-refractivity contribution < 1.29 is 19.7 Å². The van der Waals surface area contributed by atoms with E-state index in [9.17, 15) is 10.2 Å². The molecule has 248 valence electrons. The van der Waals surface area contributed by atoms with E-state index >= 15 is 0 Å². The number of benzene rings is 2. The van der Waals surface area contributed by atoms with Gasteiger partial charge in [0.2, 0.25) is 10.3 Å². The zero-order valence-electron chi connectivity index (χ0n) is 26.0. The lowest BCUT2D eigenvalue weighted by molar-refractivity contribution is 0.373. The molecule has 6 aromatic rings. The Kier molecular flexibility index (Phi) is 12.0. The summed E-state index contributed by atoms with van der Waals surface area (Å²) < 4.78 is 12.6. The number of phenols is 2. The number of thioether (sulfide) groups is 2. The molecular weight excluding hydrogens is 725 g/mol. The number of hydrogen-bond acceptors (Lipinski definition) is 14. The number of nitrogens with two attached hydrogens (primary N) is 2. The number of nitrogens with zero attached hydrogens (tertiary/aromatic N) is 4.